The number of aliphatic hydroxyl groups excluding tert-OH is 4. The molecule has 40 heavy (non-hydrogen) atoms. The molecule has 0 spiro atoms. The van der Waals surface area contributed by atoms with E-state index in [1.807, 2.05) is 32.6 Å². The number of ether oxygens (including phenoxy) is 4. The van der Waals surface area contributed by atoms with E-state index in [1.165, 1.54) is 12.2 Å². The summed E-state index contributed by atoms with van der Waals surface area (Å²) >= 11 is 0. The van der Waals surface area contributed by atoms with E-state index >= 15 is 0 Å². The summed E-state index contributed by atoms with van der Waals surface area (Å²) in [6.07, 6.45) is -3.47. The summed E-state index contributed by atoms with van der Waals surface area (Å²) in [6, 6.07) is -0.289. The van der Waals surface area contributed by atoms with Gasteiger partial charge in [0.1, 0.15) is 12.7 Å². The molecule has 0 rings (SSSR count). The lowest BCUT2D eigenvalue weighted by Gasteiger charge is -2.35. The van der Waals surface area contributed by atoms with Crippen LogP contribution in [-0.2, 0) is 28.8 Å². The normalized spacial score (nSPS) is 15.7. The molecule has 0 heterocycles. The number of aliphatic hydroxyl groups is 4. The fourth-order valence-electron chi connectivity index (χ4n) is 3.45. The lowest BCUT2D eigenvalue weighted by molar-refractivity contribution is -0.436. The minimum atomic E-state index is -0.908. The monoisotopic (exact) mass is 578 g/mol. The topological polar surface area (TPSA) is 143 Å². The first kappa shape index (κ1) is 38.7. The Morgan fingerprint density at radius 1 is 0.625 bits per heavy atom. The highest BCUT2D eigenvalue weighted by atomic mass is 17.3. The summed E-state index contributed by atoms with van der Waals surface area (Å²) < 4.78 is 21.4. The Morgan fingerprint density at radius 3 is 1.45 bits per heavy atom. The molecule has 0 aromatic heterocycles. The molecule has 0 radical (unpaired) electrons. The van der Waals surface area contributed by atoms with Crippen LogP contribution >= 0.6 is 0 Å². The van der Waals surface area contributed by atoms with Crippen molar-refractivity contribution in [1.29, 1.82) is 0 Å². The van der Waals surface area contributed by atoms with Gasteiger partial charge in [-0.25, -0.2) is 4.89 Å². The van der Waals surface area contributed by atoms with E-state index in [4.69, 9.17) is 28.8 Å². The van der Waals surface area contributed by atoms with E-state index in [2.05, 4.69) is 19.7 Å². The Balaban J connectivity index is 5.38. The molecule has 5 atom stereocenters. The van der Waals surface area contributed by atoms with Crippen LogP contribution in [0.2, 0.25) is 0 Å². The Bertz CT molecular complexity index is 668. The highest BCUT2D eigenvalue weighted by Crippen LogP contribution is 2.09. The molecular formula is C28H54N2O10. The summed E-state index contributed by atoms with van der Waals surface area (Å²) in [5.41, 5.74) is 2.52. The van der Waals surface area contributed by atoms with Gasteiger partial charge in [0, 0.05) is 32.8 Å². The predicted octanol–water partition coefficient (Wildman–Crippen LogP) is 0.710. The summed E-state index contributed by atoms with van der Waals surface area (Å²) in [7, 11) is 1.46. The van der Waals surface area contributed by atoms with Crippen molar-refractivity contribution in [2.75, 3.05) is 86.1 Å². The van der Waals surface area contributed by atoms with Crippen molar-refractivity contribution in [2.45, 2.75) is 58.2 Å². The van der Waals surface area contributed by atoms with E-state index in [1.54, 1.807) is 0 Å². The Labute approximate surface area is 240 Å². The third-order valence-electron chi connectivity index (χ3n) is 5.15. The van der Waals surface area contributed by atoms with Gasteiger partial charge in [0.25, 0.3) is 0 Å². The second-order valence-electron chi connectivity index (χ2n) is 10.5. The van der Waals surface area contributed by atoms with Crippen molar-refractivity contribution in [3.05, 3.63) is 36.5 Å². The molecule has 0 bridgehead atoms. The number of hydrogen-bond donors (Lipinski definition) is 4. The fraction of sp³-hybridized carbons (Fsp3) is 0.786. The lowest BCUT2D eigenvalue weighted by Crippen LogP contribution is -2.50. The van der Waals surface area contributed by atoms with Crippen molar-refractivity contribution in [3.63, 3.8) is 0 Å². The zero-order valence-corrected chi connectivity index (χ0v) is 25.1. The van der Waals surface area contributed by atoms with Crippen molar-refractivity contribution in [3.8, 4) is 0 Å². The molecule has 236 valence electrons. The van der Waals surface area contributed by atoms with E-state index in [-0.39, 0.29) is 65.3 Å². The van der Waals surface area contributed by atoms with Gasteiger partial charge < -0.3 is 39.4 Å². The maximum Gasteiger partial charge on any atom is 0.112 e. The van der Waals surface area contributed by atoms with E-state index in [9.17, 15) is 20.4 Å². The largest absolute Gasteiger partial charge is 0.389 e. The van der Waals surface area contributed by atoms with Gasteiger partial charge in [0.05, 0.1) is 71.1 Å². The van der Waals surface area contributed by atoms with Gasteiger partial charge in [-0.1, -0.05) is 36.5 Å². The highest BCUT2D eigenvalue weighted by molar-refractivity contribution is 4.89. The first-order valence-electron chi connectivity index (χ1n) is 13.5. The van der Waals surface area contributed by atoms with E-state index in [0.29, 0.717) is 19.8 Å². The zero-order chi connectivity index (χ0) is 30.5. The van der Waals surface area contributed by atoms with Crippen LogP contribution in [0.25, 0.3) is 0 Å². The zero-order valence-electron chi connectivity index (χ0n) is 25.1. The molecule has 0 aromatic carbocycles. The van der Waals surface area contributed by atoms with Gasteiger partial charge in [0.2, 0.25) is 0 Å². The van der Waals surface area contributed by atoms with Crippen LogP contribution in [0.3, 0.4) is 0 Å². The molecule has 0 aliphatic heterocycles. The van der Waals surface area contributed by atoms with Gasteiger partial charge in [-0.3, -0.25) is 4.90 Å². The van der Waals surface area contributed by atoms with Gasteiger partial charge in [-0.05, 0) is 27.7 Å². The lowest BCUT2D eigenvalue weighted by atomic mass is 10.2. The van der Waals surface area contributed by atoms with Crippen LogP contribution in [0.5, 0.6) is 0 Å². The molecule has 0 saturated carbocycles. The molecule has 0 saturated heterocycles. The summed E-state index contributed by atoms with van der Waals surface area (Å²) in [5, 5.41) is 43.0. The minimum Gasteiger partial charge on any atom is -0.389 e. The molecule has 0 fully saturated rings. The molecule has 0 amide bonds. The Hall–Kier alpha value is -1.26. The van der Waals surface area contributed by atoms with Crippen LogP contribution in [0.4, 0.5) is 0 Å². The van der Waals surface area contributed by atoms with E-state index in [0.717, 1.165) is 16.7 Å². The van der Waals surface area contributed by atoms with Crippen LogP contribution in [0.15, 0.2) is 36.5 Å². The van der Waals surface area contributed by atoms with Gasteiger partial charge >= 0.3 is 0 Å². The number of hydroxylamine groups is 2. The fourth-order valence-corrected chi connectivity index (χ4v) is 3.45. The van der Waals surface area contributed by atoms with Crippen LogP contribution < -0.4 is 0 Å². The van der Waals surface area contributed by atoms with Crippen molar-refractivity contribution < 1.29 is 49.2 Å². The first-order valence-corrected chi connectivity index (χ1v) is 13.5. The summed E-state index contributed by atoms with van der Waals surface area (Å²) in [6.45, 7) is 20.5. The SMILES string of the molecule is C=C(C)COCC(O)CN(CC(C)N(CC(O)COCC(=C)C)CC(O)COCC(=C)C)OOCC(O)COC. The molecule has 4 N–H and O–H groups in total. The molecule has 0 aromatic rings. The second-order valence-corrected chi connectivity index (χ2v) is 10.5. The predicted molar refractivity (Wildman–Crippen MR) is 152 cm³/mol. The average molecular weight is 579 g/mol. The summed E-state index contributed by atoms with van der Waals surface area (Å²) in [5.74, 6) is 0. The van der Waals surface area contributed by atoms with Crippen LogP contribution in [0, 0.1) is 0 Å². The standard InChI is InChI=1S/C28H54N2O10/c1-21(2)13-36-17-25(31)10-29(11-26(32)18-37-14-22(3)4)24(7)9-30(40-39-20-28(34)16-35-8)12-27(33)19-38-15-23(5)6/h24-28,31-34H,1,3,5,9-20H2,2,4,6-8H3. The maximum atomic E-state index is 10.6. The van der Waals surface area contributed by atoms with Crippen molar-refractivity contribution >= 4 is 0 Å². The first-order chi connectivity index (χ1) is 18.8. The van der Waals surface area contributed by atoms with Gasteiger partial charge in [-0.2, -0.15) is 5.06 Å². The quantitative estimate of drug-likeness (QED) is 0.0619. The molecule has 5 unspecified atom stereocenters. The molecule has 0 aliphatic carbocycles. The minimum absolute atomic E-state index is 0.0310. The number of nitrogens with zero attached hydrogens (tertiary/aromatic N) is 2. The van der Waals surface area contributed by atoms with Crippen LogP contribution in [-0.4, -0.2) is 147 Å². The van der Waals surface area contributed by atoms with Crippen molar-refractivity contribution in [1.82, 2.24) is 9.96 Å². The molecule has 12 nitrogen and oxygen atoms in total. The molecule has 12 heteroatoms. The highest BCUT2D eigenvalue weighted by Gasteiger charge is 2.25. The molecule has 0 aliphatic rings. The smallest absolute Gasteiger partial charge is 0.112 e. The van der Waals surface area contributed by atoms with Crippen LogP contribution in [0.1, 0.15) is 27.7 Å². The molecular weight excluding hydrogens is 524 g/mol. The maximum absolute atomic E-state index is 10.6. The third kappa shape index (κ3) is 22.4. The van der Waals surface area contributed by atoms with E-state index < -0.39 is 24.4 Å². The van der Waals surface area contributed by atoms with Gasteiger partial charge in [0.15, 0.2) is 0 Å². The number of hydrogen-bond acceptors (Lipinski definition) is 12. The Morgan fingerprint density at radius 2 is 1.05 bits per heavy atom. The van der Waals surface area contributed by atoms with Crippen molar-refractivity contribution in [2.24, 2.45) is 0 Å². The summed E-state index contributed by atoms with van der Waals surface area (Å²) in [4.78, 5) is 12.5. The second kappa shape index (κ2) is 23.3. The third-order valence-corrected chi connectivity index (χ3v) is 5.15. The average Bonchev–Trinajstić information content (AvgIpc) is 2.82. The Kier molecular flexibility index (Phi) is 22.6. The van der Waals surface area contributed by atoms with Gasteiger partial charge in [-0.15, -0.1) is 4.99 Å². The number of rotatable bonds is 27. The number of methoxy groups -OCH3 is 1.